The quantitative estimate of drug-likeness (QED) is 0.624. The highest BCUT2D eigenvalue weighted by Gasteiger charge is 2.24. The van der Waals surface area contributed by atoms with Crippen molar-refractivity contribution in [3.05, 3.63) is 63.5 Å². The fourth-order valence-corrected chi connectivity index (χ4v) is 4.29. The zero-order chi connectivity index (χ0) is 19.7. The van der Waals surface area contributed by atoms with Crippen LogP contribution in [0.2, 0.25) is 5.02 Å². The molecule has 0 unspecified atom stereocenters. The van der Waals surface area contributed by atoms with Crippen molar-refractivity contribution in [3.63, 3.8) is 0 Å². The summed E-state index contributed by atoms with van der Waals surface area (Å²) < 4.78 is 5.91. The van der Waals surface area contributed by atoms with E-state index in [0.717, 1.165) is 24.9 Å². The summed E-state index contributed by atoms with van der Waals surface area (Å²) in [5.74, 6) is 0.176. The molecule has 1 saturated heterocycles. The first-order valence-electron chi connectivity index (χ1n) is 9.85. The van der Waals surface area contributed by atoms with Gasteiger partial charge in [-0.3, -0.25) is 9.69 Å². The molecule has 4 nitrogen and oxygen atoms in total. The average molecular weight is 398 g/mol. The average Bonchev–Trinajstić information content (AvgIpc) is 2.71. The van der Waals surface area contributed by atoms with E-state index in [2.05, 4.69) is 11.8 Å². The number of nitrogens with zero attached hydrogens (tertiary/aromatic N) is 1. The lowest BCUT2D eigenvalue weighted by molar-refractivity contribution is 0.135. The van der Waals surface area contributed by atoms with Gasteiger partial charge in [-0.15, -0.1) is 0 Å². The van der Waals surface area contributed by atoms with Crippen LogP contribution in [-0.4, -0.2) is 22.6 Å². The largest absolute Gasteiger partial charge is 0.507 e. The van der Waals surface area contributed by atoms with Crippen molar-refractivity contribution < 1.29 is 9.52 Å². The molecule has 1 aliphatic rings. The van der Waals surface area contributed by atoms with E-state index in [9.17, 15) is 9.90 Å². The number of hydrogen-bond donors (Lipinski definition) is 1. The summed E-state index contributed by atoms with van der Waals surface area (Å²) in [4.78, 5) is 15.5. The number of fused-ring (bicyclic) bond motifs is 1. The van der Waals surface area contributed by atoms with Gasteiger partial charge < -0.3 is 9.52 Å². The fraction of sp³-hybridized carbons (Fsp3) is 0.348. The Hall–Kier alpha value is -2.30. The second kappa shape index (κ2) is 7.98. The Morgan fingerprint density at radius 2 is 1.96 bits per heavy atom. The molecule has 0 aliphatic carbocycles. The lowest BCUT2D eigenvalue weighted by Crippen LogP contribution is -2.38. The molecule has 0 radical (unpaired) electrons. The van der Waals surface area contributed by atoms with Gasteiger partial charge in [0, 0.05) is 17.6 Å². The topological polar surface area (TPSA) is 53.7 Å². The third-order valence-corrected chi connectivity index (χ3v) is 6.01. The van der Waals surface area contributed by atoms with Gasteiger partial charge in [0.25, 0.3) is 0 Å². The van der Waals surface area contributed by atoms with Crippen LogP contribution < -0.4 is 5.43 Å². The highest BCUT2D eigenvalue weighted by atomic mass is 35.5. The maximum atomic E-state index is 13.1. The number of likely N-dealkylation sites (tertiary alicyclic amines) is 1. The first-order chi connectivity index (χ1) is 13.6. The van der Waals surface area contributed by atoms with E-state index < -0.39 is 0 Å². The molecule has 28 heavy (non-hydrogen) atoms. The van der Waals surface area contributed by atoms with Gasteiger partial charge in [-0.25, -0.2) is 0 Å². The molecule has 3 aromatic rings. The fourth-order valence-electron chi connectivity index (χ4n) is 4.16. The Labute approximate surface area is 169 Å². The van der Waals surface area contributed by atoms with Crippen molar-refractivity contribution in [1.82, 2.24) is 4.90 Å². The Balaban J connectivity index is 1.78. The summed E-state index contributed by atoms with van der Waals surface area (Å²) in [6.07, 6.45) is 6.15. The summed E-state index contributed by atoms with van der Waals surface area (Å²) >= 11 is 5.95. The number of piperidine rings is 1. The van der Waals surface area contributed by atoms with Crippen LogP contribution in [0.25, 0.3) is 22.1 Å². The van der Waals surface area contributed by atoms with Crippen LogP contribution in [0.3, 0.4) is 0 Å². The van der Waals surface area contributed by atoms with Crippen LogP contribution in [0.15, 0.2) is 51.9 Å². The van der Waals surface area contributed by atoms with E-state index >= 15 is 0 Å². The molecular weight excluding hydrogens is 374 g/mol. The summed E-state index contributed by atoms with van der Waals surface area (Å²) in [5, 5.41) is 11.6. The van der Waals surface area contributed by atoms with E-state index in [4.69, 9.17) is 16.0 Å². The van der Waals surface area contributed by atoms with E-state index in [0.29, 0.717) is 39.7 Å². The van der Waals surface area contributed by atoms with Crippen LogP contribution in [0.5, 0.6) is 5.75 Å². The molecule has 0 saturated carbocycles. The van der Waals surface area contributed by atoms with Gasteiger partial charge in [0.15, 0.2) is 0 Å². The number of benzene rings is 2. The van der Waals surface area contributed by atoms with Gasteiger partial charge in [0.1, 0.15) is 17.6 Å². The lowest BCUT2D eigenvalue weighted by atomic mass is 9.98. The zero-order valence-corrected chi connectivity index (χ0v) is 16.7. The van der Waals surface area contributed by atoms with Crippen LogP contribution >= 0.6 is 11.6 Å². The second-order valence-electron chi connectivity index (χ2n) is 7.45. The van der Waals surface area contributed by atoms with Gasteiger partial charge in [0.05, 0.1) is 16.5 Å². The first-order valence-corrected chi connectivity index (χ1v) is 10.2. The standard InChI is InChI=1S/C23H24ClNO3/c1-2-17-5-3-4-12-25(17)13-19-21(26)11-10-18-22(27)20(14-28-23(18)19)15-6-8-16(24)9-7-15/h6-11,14,17,26H,2-5,12-13H2,1H3/t17-/m1/s1. The number of rotatable bonds is 4. The predicted molar refractivity (Wildman–Crippen MR) is 113 cm³/mol. The Kier molecular flexibility index (Phi) is 5.42. The number of halogens is 1. The molecular formula is C23H24ClNO3. The van der Waals surface area contributed by atoms with Gasteiger partial charge in [-0.1, -0.05) is 37.1 Å². The van der Waals surface area contributed by atoms with E-state index in [1.54, 1.807) is 36.4 Å². The molecule has 2 heterocycles. The zero-order valence-electron chi connectivity index (χ0n) is 16.0. The summed E-state index contributed by atoms with van der Waals surface area (Å²) in [5.41, 5.74) is 2.32. The van der Waals surface area contributed by atoms with Gasteiger partial charge in [-0.2, -0.15) is 0 Å². The van der Waals surface area contributed by atoms with Gasteiger partial charge >= 0.3 is 0 Å². The number of hydrogen-bond acceptors (Lipinski definition) is 4. The van der Waals surface area contributed by atoms with Crippen molar-refractivity contribution in [2.75, 3.05) is 6.54 Å². The molecule has 1 aromatic heterocycles. The Morgan fingerprint density at radius 1 is 1.18 bits per heavy atom. The van der Waals surface area contributed by atoms with Crippen LogP contribution in [-0.2, 0) is 6.54 Å². The molecule has 0 bridgehead atoms. The molecule has 1 N–H and O–H groups in total. The summed E-state index contributed by atoms with van der Waals surface area (Å²) in [7, 11) is 0. The molecule has 1 fully saturated rings. The molecule has 1 atom stereocenters. The molecule has 1 aliphatic heterocycles. The third kappa shape index (κ3) is 3.54. The van der Waals surface area contributed by atoms with E-state index in [-0.39, 0.29) is 11.2 Å². The first kappa shape index (κ1) is 19.0. The van der Waals surface area contributed by atoms with Crippen molar-refractivity contribution in [3.8, 4) is 16.9 Å². The van der Waals surface area contributed by atoms with E-state index in [1.807, 2.05) is 0 Å². The minimum Gasteiger partial charge on any atom is -0.507 e. The minimum atomic E-state index is -0.101. The summed E-state index contributed by atoms with van der Waals surface area (Å²) in [6, 6.07) is 10.9. The molecule has 4 rings (SSSR count). The SMILES string of the molecule is CC[C@@H]1CCCCN1Cc1c(O)ccc2c(=O)c(-c3ccc(Cl)cc3)coc12. The Morgan fingerprint density at radius 3 is 2.71 bits per heavy atom. The highest BCUT2D eigenvalue weighted by Crippen LogP contribution is 2.31. The van der Waals surface area contributed by atoms with Crippen LogP contribution in [0.1, 0.15) is 38.2 Å². The van der Waals surface area contributed by atoms with Crippen molar-refractivity contribution in [2.45, 2.75) is 45.2 Å². The van der Waals surface area contributed by atoms with Crippen molar-refractivity contribution >= 4 is 22.6 Å². The summed E-state index contributed by atoms with van der Waals surface area (Å²) in [6.45, 7) is 3.79. The lowest BCUT2D eigenvalue weighted by Gasteiger charge is -2.35. The monoisotopic (exact) mass is 397 g/mol. The molecule has 146 valence electrons. The Bertz CT molecular complexity index is 1040. The number of phenols is 1. The normalized spacial score (nSPS) is 17.9. The third-order valence-electron chi connectivity index (χ3n) is 5.76. The number of aromatic hydroxyl groups is 1. The maximum absolute atomic E-state index is 13.1. The van der Waals surface area contributed by atoms with E-state index in [1.165, 1.54) is 19.1 Å². The van der Waals surface area contributed by atoms with Crippen LogP contribution in [0.4, 0.5) is 0 Å². The van der Waals surface area contributed by atoms with Crippen molar-refractivity contribution in [1.29, 1.82) is 0 Å². The predicted octanol–water partition coefficient (Wildman–Crippen LogP) is 5.58. The maximum Gasteiger partial charge on any atom is 0.200 e. The highest BCUT2D eigenvalue weighted by molar-refractivity contribution is 6.30. The molecule has 2 aromatic carbocycles. The number of phenolic OH excluding ortho intramolecular Hbond substituents is 1. The minimum absolute atomic E-state index is 0.101. The van der Waals surface area contributed by atoms with Gasteiger partial charge in [-0.05, 0) is 55.6 Å². The molecule has 0 amide bonds. The van der Waals surface area contributed by atoms with Crippen LogP contribution in [0, 0.1) is 0 Å². The van der Waals surface area contributed by atoms with Crippen molar-refractivity contribution in [2.24, 2.45) is 0 Å². The smallest absolute Gasteiger partial charge is 0.200 e. The van der Waals surface area contributed by atoms with Gasteiger partial charge in [0.2, 0.25) is 5.43 Å². The second-order valence-corrected chi connectivity index (χ2v) is 7.89. The molecule has 5 heteroatoms. The molecule has 0 spiro atoms.